The van der Waals surface area contributed by atoms with Crippen LogP contribution in [0.1, 0.15) is 15.9 Å². The van der Waals surface area contributed by atoms with E-state index in [4.69, 9.17) is 5.73 Å². The van der Waals surface area contributed by atoms with E-state index in [1.54, 1.807) is 16.2 Å². The molecule has 2 N–H and O–H groups in total. The summed E-state index contributed by atoms with van der Waals surface area (Å²) < 4.78 is 1.12. The highest BCUT2D eigenvalue weighted by atomic mass is 127. The Kier molecular flexibility index (Phi) is 4.23. The number of hydrogen-bond acceptors (Lipinski definition) is 3. The van der Waals surface area contributed by atoms with Gasteiger partial charge < -0.3 is 10.6 Å². The van der Waals surface area contributed by atoms with Crippen LogP contribution in [-0.4, -0.2) is 17.9 Å². The van der Waals surface area contributed by atoms with Crippen LogP contribution in [0.25, 0.3) is 0 Å². The molecule has 18 heavy (non-hydrogen) atoms. The number of anilines is 1. The first-order valence-electron chi connectivity index (χ1n) is 5.40. The molecule has 94 valence electrons. The third-order valence-electron chi connectivity index (χ3n) is 2.56. The second kappa shape index (κ2) is 5.71. The highest BCUT2D eigenvalue weighted by Crippen LogP contribution is 2.18. The Morgan fingerprint density at radius 3 is 2.61 bits per heavy atom. The maximum Gasteiger partial charge on any atom is 0.254 e. The quantitative estimate of drug-likeness (QED) is 0.665. The van der Waals surface area contributed by atoms with Gasteiger partial charge in [-0.25, -0.2) is 0 Å². The Bertz CT molecular complexity index is 550. The van der Waals surface area contributed by atoms with Crippen LogP contribution in [0, 0.1) is 2.88 Å². The second-order valence-electron chi connectivity index (χ2n) is 4.04. The molecule has 0 radical (unpaired) electrons. The minimum atomic E-state index is 0.0472. The molecule has 1 aromatic heterocycles. The lowest BCUT2D eigenvalue weighted by Crippen LogP contribution is -2.25. The third kappa shape index (κ3) is 3.23. The highest BCUT2D eigenvalue weighted by molar-refractivity contribution is 14.1. The fourth-order valence-electron chi connectivity index (χ4n) is 1.61. The monoisotopic (exact) mass is 372 g/mol. The average molecular weight is 372 g/mol. The molecular weight excluding hydrogens is 359 g/mol. The van der Waals surface area contributed by atoms with Crippen molar-refractivity contribution < 1.29 is 4.79 Å². The molecule has 0 atom stereocenters. The summed E-state index contributed by atoms with van der Waals surface area (Å²) in [5.74, 6) is 0.0472. The standard InChI is InChI=1S/C13H13IN2OS/c1-16(7-9-2-4-11(15)5-3-9)13(17)10-6-12(14)18-8-10/h2-6,8H,7,15H2,1H3. The lowest BCUT2D eigenvalue weighted by molar-refractivity contribution is 0.0785. The molecule has 0 saturated carbocycles. The van der Waals surface area contributed by atoms with Crippen molar-refractivity contribution in [2.75, 3.05) is 12.8 Å². The summed E-state index contributed by atoms with van der Waals surface area (Å²) in [6, 6.07) is 9.49. The first kappa shape index (κ1) is 13.4. The summed E-state index contributed by atoms with van der Waals surface area (Å²) in [6.07, 6.45) is 0. The predicted octanol–water partition coefficient (Wildman–Crippen LogP) is 3.21. The van der Waals surface area contributed by atoms with E-state index in [1.165, 1.54) is 0 Å². The van der Waals surface area contributed by atoms with Gasteiger partial charge in [-0.1, -0.05) is 12.1 Å². The molecule has 0 unspecified atom stereocenters. The maximum absolute atomic E-state index is 12.1. The molecule has 0 saturated heterocycles. The molecule has 1 heterocycles. The fourth-order valence-corrected chi connectivity index (χ4v) is 2.93. The van der Waals surface area contributed by atoms with Gasteiger partial charge in [0.1, 0.15) is 0 Å². The fraction of sp³-hybridized carbons (Fsp3) is 0.154. The number of thiophene rings is 1. The van der Waals surface area contributed by atoms with Crippen molar-refractivity contribution in [1.82, 2.24) is 4.90 Å². The molecule has 0 aliphatic carbocycles. The van der Waals surface area contributed by atoms with Gasteiger partial charge in [-0.15, -0.1) is 11.3 Å². The number of nitrogens with zero attached hydrogens (tertiary/aromatic N) is 1. The van der Waals surface area contributed by atoms with Gasteiger partial charge in [-0.2, -0.15) is 0 Å². The Morgan fingerprint density at radius 1 is 1.39 bits per heavy atom. The van der Waals surface area contributed by atoms with Crippen LogP contribution in [0.3, 0.4) is 0 Å². The lowest BCUT2D eigenvalue weighted by Gasteiger charge is -2.16. The molecule has 2 aromatic rings. The van der Waals surface area contributed by atoms with Crippen molar-refractivity contribution in [1.29, 1.82) is 0 Å². The number of halogens is 1. The van der Waals surface area contributed by atoms with Crippen molar-refractivity contribution in [3.8, 4) is 0 Å². The molecular formula is C13H13IN2OS. The minimum Gasteiger partial charge on any atom is -0.399 e. The van der Waals surface area contributed by atoms with E-state index in [1.807, 2.05) is 42.8 Å². The van der Waals surface area contributed by atoms with Gasteiger partial charge >= 0.3 is 0 Å². The van der Waals surface area contributed by atoms with Crippen molar-refractivity contribution in [2.45, 2.75) is 6.54 Å². The van der Waals surface area contributed by atoms with E-state index in [9.17, 15) is 4.79 Å². The van der Waals surface area contributed by atoms with Crippen LogP contribution < -0.4 is 5.73 Å². The summed E-state index contributed by atoms with van der Waals surface area (Å²) in [4.78, 5) is 13.8. The summed E-state index contributed by atoms with van der Waals surface area (Å²) in [7, 11) is 1.81. The molecule has 1 aromatic carbocycles. The zero-order valence-corrected chi connectivity index (χ0v) is 12.9. The molecule has 0 spiro atoms. The summed E-state index contributed by atoms with van der Waals surface area (Å²) in [5.41, 5.74) is 8.19. The molecule has 0 aliphatic rings. The van der Waals surface area contributed by atoms with Crippen molar-refractivity contribution in [3.05, 3.63) is 49.7 Å². The van der Waals surface area contributed by atoms with E-state index in [2.05, 4.69) is 22.6 Å². The van der Waals surface area contributed by atoms with Crippen molar-refractivity contribution in [2.24, 2.45) is 0 Å². The van der Waals surface area contributed by atoms with Gasteiger partial charge in [-0.3, -0.25) is 4.79 Å². The number of benzene rings is 1. The molecule has 5 heteroatoms. The molecule has 3 nitrogen and oxygen atoms in total. The van der Waals surface area contributed by atoms with Crippen LogP contribution in [-0.2, 0) is 6.54 Å². The SMILES string of the molecule is CN(Cc1ccc(N)cc1)C(=O)c1csc(I)c1. The van der Waals surface area contributed by atoms with E-state index in [0.29, 0.717) is 6.54 Å². The molecule has 0 fully saturated rings. The van der Waals surface area contributed by atoms with Crippen LogP contribution in [0.5, 0.6) is 0 Å². The van der Waals surface area contributed by atoms with E-state index in [-0.39, 0.29) is 5.91 Å². The smallest absolute Gasteiger partial charge is 0.254 e. The number of nitrogens with two attached hydrogens (primary N) is 1. The van der Waals surface area contributed by atoms with Gasteiger partial charge in [0.2, 0.25) is 0 Å². The Hall–Kier alpha value is -1.08. The Morgan fingerprint density at radius 2 is 2.06 bits per heavy atom. The summed E-state index contributed by atoms with van der Waals surface area (Å²) in [5, 5.41) is 1.89. The molecule has 1 amide bonds. The van der Waals surface area contributed by atoms with E-state index < -0.39 is 0 Å². The Labute approximate surface area is 124 Å². The number of carbonyl (C=O) groups excluding carboxylic acids is 1. The van der Waals surface area contributed by atoms with Crippen LogP contribution >= 0.6 is 33.9 Å². The van der Waals surface area contributed by atoms with Gasteiger partial charge in [0.15, 0.2) is 0 Å². The van der Waals surface area contributed by atoms with E-state index >= 15 is 0 Å². The van der Waals surface area contributed by atoms with Crippen molar-refractivity contribution >= 4 is 45.5 Å². The summed E-state index contributed by atoms with van der Waals surface area (Å²) in [6.45, 7) is 0.589. The number of hydrogen-bond donors (Lipinski definition) is 1. The minimum absolute atomic E-state index is 0.0472. The predicted molar refractivity (Wildman–Crippen MR) is 83.7 cm³/mol. The van der Waals surface area contributed by atoms with Gasteiger partial charge in [0, 0.05) is 24.7 Å². The molecule has 0 bridgehead atoms. The first-order chi connectivity index (χ1) is 8.56. The van der Waals surface area contributed by atoms with Gasteiger partial charge in [-0.05, 0) is 46.4 Å². The number of rotatable bonds is 3. The van der Waals surface area contributed by atoms with Crippen LogP contribution in [0.4, 0.5) is 5.69 Å². The highest BCUT2D eigenvalue weighted by Gasteiger charge is 2.13. The Balaban J connectivity index is 2.05. The topological polar surface area (TPSA) is 46.3 Å². The molecule has 2 rings (SSSR count). The van der Waals surface area contributed by atoms with Crippen molar-refractivity contribution in [3.63, 3.8) is 0 Å². The first-order valence-corrected chi connectivity index (χ1v) is 7.36. The maximum atomic E-state index is 12.1. The lowest BCUT2D eigenvalue weighted by atomic mass is 10.2. The zero-order valence-electron chi connectivity index (χ0n) is 9.89. The number of nitrogen functional groups attached to an aromatic ring is 1. The molecule has 0 aliphatic heterocycles. The third-order valence-corrected chi connectivity index (χ3v) is 4.35. The van der Waals surface area contributed by atoms with Gasteiger partial charge in [0.25, 0.3) is 5.91 Å². The zero-order chi connectivity index (χ0) is 13.1. The van der Waals surface area contributed by atoms with Crippen LogP contribution in [0.15, 0.2) is 35.7 Å². The number of amides is 1. The second-order valence-corrected chi connectivity index (χ2v) is 6.85. The van der Waals surface area contributed by atoms with Crippen LogP contribution in [0.2, 0.25) is 0 Å². The summed E-state index contributed by atoms with van der Waals surface area (Å²) >= 11 is 3.80. The number of carbonyl (C=O) groups is 1. The normalized spacial score (nSPS) is 10.3. The average Bonchev–Trinajstić information content (AvgIpc) is 2.78. The van der Waals surface area contributed by atoms with E-state index in [0.717, 1.165) is 19.7 Å². The van der Waals surface area contributed by atoms with Gasteiger partial charge in [0.05, 0.1) is 8.45 Å². The largest absolute Gasteiger partial charge is 0.399 e.